The summed E-state index contributed by atoms with van der Waals surface area (Å²) in [5.41, 5.74) is 0.318. The van der Waals surface area contributed by atoms with Crippen molar-refractivity contribution in [1.29, 1.82) is 5.26 Å². The van der Waals surface area contributed by atoms with Gasteiger partial charge in [0.2, 0.25) is 0 Å². The molecule has 4 saturated carbocycles. The van der Waals surface area contributed by atoms with Crippen molar-refractivity contribution in [2.45, 2.75) is 51.5 Å². The molecule has 4 aliphatic rings. The van der Waals surface area contributed by atoms with E-state index in [0.717, 1.165) is 17.8 Å². The molecule has 0 saturated heterocycles. The Morgan fingerprint density at radius 2 is 1.87 bits per heavy atom. The molecule has 0 radical (unpaired) electrons. The Bertz CT molecular complexity index is 500. The zero-order valence-corrected chi connectivity index (χ0v) is 13.8. The number of nitrogens with zero attached hydrogens (tertiary/aromatic N) is 1. The fraction of sp³-hybridized carbons (Fsp3) is 0.778. The van der Waals surface area contributed by atoms with Gasteiger partial charge in [-0.05, 0) is 68.6 Å². The van der Waals surface area contributed by atoms with Crippen LogP contribution in [0.15, 0.2) is 11.8 Å². The second-order valence-corrected chi connectivity index (χ2v) is 7.82. The molecule has 1 unspecified atom stereocenters. The molecule has 4 fully saturated rings. The molecule has 126 valence electrons. The maximum absolute atomic E-state index is 12.4. The lowest BCUT2D eigenvalue weighted by molar-refractivity contribution is -0.122. The van der Waals surface area contributed by atoms with Crippen LogP contribution in [0.1, 0.15) is 45.4 Å². The van der Waals surface area contributed by atoms with E-state index in [1.165, 1.54) is 44.7 Å². The summed E-state index contributed by atoms with van der Waals surface area (Å²) >= 11 is 0. The largest absolute Gasteiger partial charge is 0.395 e. The van der Waals surface area contributed by atoms with Gasteiger partial charge in [0.25, 0.3) is 5.91 Å². The Hall–Kier alpha value is -1.54. The Labute approximate surface area is 138 Å². The van der Waals surface area contributed by atoms with Gasteiger partial charge in [-0.25, -0.2) is 0 Å². The minimum absolute atomic E-state index is 0.0273. The first-order valence-corrected chi connectivity index (χ1v) is 8.81. The summed E-state index contributed by atoms with van der Waals surface area (Å²) in [4.78, 5) is 12.4. The van der Waals surface area contributed by atoms with Crippen LogP contribution in [0.4, 0.5) is 0 Å². The molecule has 23 heavy (non-hydrogen) atoms. The summed E-state index contributed by atoms with van der Waals surface area (Å²) in [6, 6.07) is 2.05. The van der Waals surface area contributed by atoms with Gasteiger partial charge in [0, 0.05) is 18.8 Å². The molecule has 4 aliphatic carbocycles. The number of hydrogen-bond acceptors (Lipinski definition) is 4. The minimum atomic E-state index is -0.304. The molecule has 0 aromatic heterocycles. The van der Waals surface area contributed by atoms with Crippen molar-refractivity contribution in [2.75, 3.05) is 13.2 Å². The van der Waals surface area contributed by atoms with Crippen molar-refractivity contribution < 1.29 is 9.90 Å². The second-order valence-electron chi connectivity index (χ2n) is 7.82. The fourth-order valence-electron chi connectivity index (χ4n) is 5.52. The van der Waals surface area contributed by atoms with Gasteiger partial charge in [-0.15, -0.1) is 0 Å². The third kappa shape index (κ3) is 3.23. The van der Waals surface area contributed by atoms with Gasteiger partial charge in [-0.2, -0.15) is 5.26 Å². The summed E-state index contributed by atoms with van der Waals surface area (Å²) in [5.74, 6) is 2.23. The monoisotopic (exact) mass is 317 g/mol. The molecule has 4 bridgehead atoms. The fourth-order valence-corrected chi connectivity index (χ4v) is 5.52. The molecule has 0 spiro atoms. The molecule has 4 rings (SSSR count). The number of nitrogens with one attached hydrogen (secondary N) is 2. The van der Waals surface area contributed by atoms with Crippen molar-refractivity contribution in [3.63, 3.8) is 0 Å². The summed E-state index contributed by atoms with van der Waals surface area (Å²) < 4.78 is 0. The van der Waals surface area contributed by atoms with E-state index in [1.54, 1.807) is 0 Å². The first kappa shape index (κ1) is 16.3. The number of carbonyl (C=O) groups excluding carboxylic acids is 1. The van der Waals surface area contributed by atoms with E-state index in [4.69, 9.17) is 10.4 Å². The highest BCUT2D eigenvalue weighted by atomic mass is 16.3. The first-order valence-electron chi connectivity index (χ1n) is 8.81. The van der Waals surface area contributed by atoms with E-state index < -0.39 is 0 Å². The normalized spacial score (nSPS) is 36.4. The van der Waals surface area contributed by atoms with Crippen LogP contribution in [0.2, 0.25) is 0 Å². The highest BCUT2D eigenvalue weighted by Gasteiger charge is 2.53. The molecular weight excluding hydrogens is 290 g/mol. The highest BCUT2D eigenvalue weighted by Crippen LogP contribution is 2.61. The predicted molar refractivity (Wildman–Crippen MR) is 87.0 cm³/mol. The first-order chi connectivity index (χ1) is 11.1. The van der Waals surface area contributed by atoms with Gasteiger partial charge in [-0.3, -0.25) is 4.79 Å². The molecular formula is C18H27N3O2. The lowest BCUT2D eigenvalue weighted by Gasteiger charge is -2.59. The Morgan fingerprint density at radius 3 is 2.35 bits per heavy atom. The van der Waals surface area contributed by atoms with E-state index in [0.29, 0.717) is 6.54 Å². The number of carbonyl (C=O) groups is 1. The van der Waals surface area contributed by atoms with Crippen LogP contribution in [-0.2, 0) is 4.79 Å². The SMILES string of the molecule is CC(NC(=O)/C(C#N)=C\NCCO)C12CC3CC(CC(C3)C1)C2. The molecule has 0 aromatic carbocycles. The van der Waals surface area contributed by atoms with Crippen LogP contribution in [0.5, 0.6) is 0 Å². The van der Waals surface area contributed by atoms with Gasteiger partial charge < -0.3 is 15.7 Å². The van der Waals surface area contributed by atoms with E-state index in [2.05, 4.69) is 17.6 Å². The van der Waals surface area contributed by atoms with Gasteiger partial charge >= 0.3 is 0 Å². The third-order valence-electron chi connectivity index (χ3n) is 6.22. The average molecular weight is 317 g/mol. The van der Waals surface area contributed by atoms with Crippen LogP contribution in [0.3, 0.4) is 0 Å². The maximum Gasteiger partial charge on any atom is 0.263 e. The summed E-state index contributed by atoms with van der Waals surface area (Å²) in [6.07, 6.45) is 9.24. The van der Waals surface area contributed by atoms with Gasteiger partial charge in [0.15, 0.2) is 0 Å². The topological polar surface area (TPSA) is 85.2 Å². The van der Waals surface area contributed by atoms with E-state index in [9.17, 15) is 4.79 Å². The van der Waals surface area contributed by atoms with Crippen LogP contribution >= 0.6 is 0 Å². The third-order valence-corrected chi connectivity index (χ3v) is 6.22. The van der Waals surface area contributed by atoms with E-state index in [-0.39, 0.29) is 29.5 Å². The average Bonchev–Trinajstić information content (AvgIpc) is 2.50. The predicted octanol–water partition coefficient (Wildman–Crippen LogP) is 1.70. The summed E-state index contributed by atoms with van der Waals surface area (Å²) in [6.45, 7) is 2.42. The zero-order valence-electron chi connectivity index (χ0n) is 13.8. The quantitative estimate of drug-likeness (QED) is 0.395. The van der Waals surface area contributed by atoms with Crippen molar-refractivity contribution >= 4 is 5.91 Å². The Kier molecular flexibility index (Phi) is 4.63. The molecule has 1 amide bonds. The smallest absolute Gasteiger partial charge is 0.263 e. The highest BCUT2D eigenvalue weighted by molar-refractivity contribution is 5.97. The number of nitriles is 1. The van der Waals surface area contributed by atoms with E-state index >= 15 is 0 Å². The van der Waals surface area contributed by atoms with Crippen LogP contribution in [0, 0.1) is 34.5 Å². The molecule has 5 heteroatoms. The van der Waals surface area contributed by atoms with Gasteiger partial charge in [0.1, 0.15) is 11.6 Å². The molecule has 3 N–H and O–H groups in total. The molecule has 0 aliphatic heterocycles. The number of hydrogen-bond donors (Lipinski definition) is 3. The summed E-state index contributed by atoms with van der Waals surface area (Å²) in [7, 11) is 0. The number of rotatable bonds is 6. The standard InChI is InChI=1S/C18H27N3O2/c1-12(21-17(23)16(10-19)11-20-2-3-22)18-7-13-4-14(8-18)6-15(5-13)9-18/h11-15,20,22H,2-9H2,1H3,(H,21,23)/b16-11-. The van der Waals surface area contributed by atoms with Crippen molar-refractivity contribution in [3.8, 4) is 6.07 Å². The number of aliphatic hydroxyl groups excluding tert-OH is 1. The number of amides is 1. The van der Waals surface area contributed by atoms with Gasteiger partial charge in [-0.1, -0.05) is 0 Å². The van der Waals surface area contributed by atoms with Crippen LogP contribution < -0.4 is 10.6 Å². The Balaban J connectivity index is 1.64. The molecule has 0 aromatic rings. The van der Waals surface area contributed by atoms with E-state index in [1.807, 2.05) is 6.07 Å². The lowest BCUT2D eigenvalue weighted by atomic mass is 9.48. The maximum atomic E-state index is 12.4. The van der Waals surface area contributed by atoms with Crippen molar-refractivity contribution in [3.05, 3.63) is 11.8 Å². The van der Waals surface area contributed by atoms with Crippen molar-refractivity contribution in [2.24, 2.45) is 23.2 Å². The zero-order chi connectivity index (χ0) is 16.4. The molecule has 5 nitrogen and oxygen atoms in total. The summed E-state index contributed by atoms with van der Waals surface area (Å²) in [5, 5.41) is 23.8. The molecule has 1 atom stereocenters. The van der Waals surface area contributed by atoms with Gasteiger partial charge in [0.05, 0.1) is 6.61 Å². The number of aliphatic hydroxyl groups is 1. The minimum Gasteiger partial charge on any atom is -0.395 e. The second kappa shape index (κ2) is 6.52. The lowest BCUT2D eigenvalue weighted by Crippen LogP contribution is -2.56. The molecule has 0 heterocycles. The van der Waals surface area contributed by atoms with Crippen molar-refractivity contribution in [1.82, 2.24) is 10.6 Å². The van der Waals surface area contributed by atoms with Crippen LogP contribution in [-0.4, -0.2) is 30.2 Å². The van der Waals surface area contributed by atoms with Crippen LogP contribution in [0.25, 0.3) is 0 Å². The Morgan fingerprint density at radius 1 is 1.30 bits per heavy atom.